The van der Waals surface area contributed by atoms with Gasteiger partial charge in [-0.1, -0.05) is 84.4 Å². The number of carbonyl (C=O) groups is 1. The lowest BCUT2D eigenvalue weighted by atomic mass is 9.97. The number of hydrogen-bond donors (Lipinski definition) is 2. The van der Waals surface area contributed by atoms with Gasteiger partial charge in [0.1, 0.15) is 5.75 Å². The third kappa shape index (κ3) is 6.94. The minimum absolute atomic E-state index is 0.0576. The number of ether oxygens (including phenoxy) is 1. The summed E-state index contributed by atoms with van der Waals surface area (Å²) in [6, 6.07) is 42.3. The van der Waals surface area contributed by atoms with Crippen molar-refractivity contribution in [2.75, 3.05) is 24.7 Å². The summed E-state index contributed by atoms with van der Waals surface area (Å²) >= 11 is 8.38. The molecule has 0 amide bonds. The maximum absolute atomic E-state index is 11.3. The zero-order chi connectivity index (χ0) is 31.9. The van der Waals surface area contributed by atoms with Crippen LogP contribution in [0.2, 0.25) is 5.02 Å². The molecule has 0 aliphatic rings. The van der Waals surface area contributed by atoms with Gasteiger partial charge in [0.05, 0.1) is 18.2 Å². The molecule has 0 bridgehead atoms. The molecule has 0 unspecified atom stereocenters. The first kappa shape index (κ1) is 31.3. The van der Waals surface area contributed by atoms with E-state index in [1.54, 1.807) is 36.0 Å². The van der Waals surface area contributed by atoms with Gasteiger partial charge < -0.3 is 19.7 Å². The average Bonchev–Trinajstić information content (AvgIpc) is 3.37. The van der Waals surface area contributed by atoms with Gasteiger partial charge in [0.25, 0.3) is 0 Å². The van der Waals surface area contributed by atoms with E-state index in [2.05, 4.69) is 113 Å². The van der Waals surface area contributed by atoms with Gasteiger partial charge in [0.2, 0.25) is 0 Å². The van der Waals surface area contributed by atoms with E-state index in [1.807, 2.05) is 6.07 Å². The molecule has 6 rings (SSSR count). The van der Waals surface area contributed by atoms with Crippen LogP contribution < -0.4 is 10.1 Å². The van der Waals surface area contributed by atoms with Crippen molar-refractivity contribution < 1.29 is 14.6 Å². The summed E-state index contributed by atoms with van der Waals surface area (Å²) in [5, 5.41) is 14.8. The van der Waals surface area contributed by atoms with Crippen LogP contribution in [0.5, 0.6) is 5.75 Å². The Kier molecular flexibility index (Phi) is 9.97. The molecule has 0 aliphatic carbocycles. The SMILES string of the molecule is CSc1ccccc1NCCc1c(CCOc2ccc(C(=O)O)cc2)c2cc(Cl)ccc2n1C(c1ccccc1)c1ccccc1. The molecule has 46 heavy (non-hydrogen) atoms. The van der Waals surface area contributed by atoms with Crippen molar-refractivity contribution in [1.29, 1.82) is 0 Å². The van der Waals surface area contributed by atoms with Crippen LogP contribution in [0.3, 0.4) is 0 Å². The first-order chi connectivity index (χ1) is 22.5. The highest BCUT2D eigenvalue weighted by atomic mass is 35.5. The molecule has 2 N–H and O–H groups in total. The summed E-state index contributed by atoms with van der Waals surface area (Å²) in [5.41, 5.74) is 7.27. The van der Waals surface area contributed by atoms with Crippen molar-refractivity contribution in [1.82, 2.24) is 4.57 Å². The molecule has 5 nitrogen and oxygen atoms in total. The van der Waals surface area contributed by atoms with E-state index in [0.717, 1.165) is 29.6 Å². The van der Waals surface area contributed by atoms with Gasteiger partial charge in [0.15, 0.2) is 0 Å². The van der Waals surface area contributed by atoms with Crippen LogP contribution >= 0.6 is 23.4 Å². The smallest absolute Gasteiger partial charge is 0.335 e. The third-order valence-corrected chi connectivity index (χ3v) is 9.21. The average molecular weight is 647 g/mol. The topological polar surface area (TPSA) is 63.5 Å². The summed E-state index contributed by atoms with van der Waals surface area (Å²) in [6.07, 6.45) is 3.52. The molecule has 5 aromatic carbocycles. The molecule has 0 aliphatic heterocycles. The van der Waals surface area contributed by atoms with Crippen LogP contribution in [0.1, 0.15) is 38.8 Å². The van der Waals surface area contributed by atoms with E-state index in [-0.39, 0.29) is 11.6 Å². The highest BCUT2D eigenvalue weighted by molar-refractivity contribution is 7.98. The second-order valence-electron chi connectivity index (χ2n) is 11.0. The van der Waals surface area contributed by atoms with E-state index in [9.17, 15) is 9.90 Å². The first-order valence-corrected chi connectivity index (χ1v) is 16.9. The fourth-order valence-electron chi connectivity index (χ4n) is 6.08. The van der Waals surface area contributed by atoms with Crippen molar-refractivity contribution >= 4 is 45.9 Å². The normalized spacial score (nSPS) is 11.2. The lowest BCUT2D eigenvalue weighted by Gasteiger charge is -2.25. The maximum atomic E-state index is 11.3. The predicted octanol–water partition coefficient (Wildman–Crippen LogP) is 9.63. The van der Waals surface area contributed by atoms with Gasteiger partial charge in [0, 0.05) is 51.6 Å². The number of rotatable bonds is 13. The zero-order valence-electron chi connectivity index (χ0n) is 25.5. The van der Waals surface area contributed by atoms with Crippen LogP contribution in [-0.4, -0.2) is 35.1 Å². The van der Waals surface area contributed by atoms with E-state index in [0.29, 0.717) is 23.8 Å². The highest BCUT2D eigenvalue weighted by Gasteiger charge is 2.25. The lowest BCUT2D eigenvalue weighted by molar-refractivity contribution is 0.0697. The van der Waals surface area contributed by atoms with E-state index in [4.69, 9.17) is 16.3 Å². The Labute approximate surface area is 278 Å². The predicted molar refractivity (Wildman–Crippen MR) is 190 cm³/mol. The maximum Gasteiger partial charge on any atom is 0.335 e. The van der Waals surface area contributed by atoms with E-state index < -0.39 is 5.97 Å². The largest absolute Gasteiger partial charge is 0.493 e. The molecule has 1 aromatic heterocycles. The number of anilines is 1. The van der Waals surface area contributed by atoms with Crippen molar-refractivity contribution in [2.24, 2.45) is 0 Å². The molecule has 1 heterocycles. The molecule has 0 fully saturated rings. The summed E-state index contributed by atoms with van der Waals surface area (Å²) in [6.45, 7) is 1.16. The Balaban J connectivity index is 1.44. The van der Waals surface area contributed by atoms with Gasteiger partial charge in [-0.2, -0.15) is 0 Å². The van der Waals surface area contributed by atoms with Crippen molar-refractivity contribution in [3.8, 4) is 5.75 Å². The Morgan fingerprint density at radius 3 is 2.15 bits per heavy atom. The van der Waals surface area contributed by atoms with Crippen LogP contribution in [0.4, 0.5) is 5.69 Å². The molecule has 0 spiro atoms. The molecular weight excluding hydrogens is 612 g/mol. The minimum atomic E-state index is -0.957. The molecule has 7 heteroatoms. The number of aromatic nitrogens is 1. The van der Waals surface area contributed by atoms with Crippen molar-refractivity contribution in [3.05, 3.63) is 160 Å². The van der Waals surface area contributed by atoms with E-state index in [1.165, 1.54) is 27.3 Å². The number of halogens is 1. The summed E-state index contributed by atoms with van der Waals surface area (Å²) < 4.78 is 8.65. The Hall–Kier alpha value is -4.65. The van der Waals surface area contributed by atoms with Gasteiger partial charge >= 0.3 is 5.97 Å². The number of carboxylic acid groups (broad SMARTS) is 1. The number of aromatic carboxylic acids is 1. The van der Waals surface area contributed by atoms with Crippen molar-refractivity contribution in [2.45, 2.75) is 23.8 Å². The summed E-state index contributed by atoms with van der Waals surface area (Å²) in [5.74, 6) is -0.323. The van der Waals surface area contributed by atoms with Crippen LogP contribution in [0, 0.1) is 0 Å². The van der Waals surface area contributed by atoms with Crippen LogP contribution in [0.15, 0.2) is 132 Å². The van der Waals surface area contributed by atoms with E-state index >= 15 is 0 Å². The lowest BCUT2D eigenvalue weighted by Crippen LogP contribution is -2.18. The number of fused-ring (bicyclic) bond motifs is 1. The van der Waals surface area contributed by atoms with Gasteiger partial charge in [-0.25, -0.2) is 4.79 Å². The van der Waals surface area contributed by atoms with Gasteiger partial charge in [-0.05, 0) is 77.5 Å². The molecule has 0 radical (unpaired) electrons. The number of nitrogens with one attached hydrogen (secondary N) is 1. The number of para-hydroxylation sites is 1. The second-order valence-corrected chi connectivity index (χ2v) is 12.3. The van der Waals surface area contributed by atoms with Crippen LogP contribution in [0.25, 0.3) is 10.9 Å². The van der Waals surface area contributed by atoms with Gasteiger partial charge in [-0.15, -0.1) is 11.8 Å². The Bertz CT molecular complexity index is 1890. The molecule has 0 saturated heterocycles. The third-order valence-electron chi connectivity index (χ3n) is 8.18. The zero-order valence-corrected chi connectivity index (χ0v) is 27.1. The minimum Gasteiger partial charge on any atom is -0.493 e. The number of hydrogen-bond acceptors (Lipinski definition) is 4. The number of nitrogens with zero attached hydrogens (tertiary/aromatic N) is 1. The fraction of sp³-hybridized carbons (Fsp3) is 0.154. The molecule has 0 atom stereocenters. The standard InChI is InChI=1S/C39H35ClN2O3S/c1-46-37-15-9-8-14-34(37)41-24-22-36-32(23-25-45-31-19-16-29(17-20-31)39(43)44)33-26-30(40)18-21-35(33)42(36)38(27-10-4-2-5-11-27)28-12-6-3-7-13-28/h2-21,26,38,41H,22-25H2,1H3,(H,43,44). The Morgan fingerprint density at radius 2 is 1.50 bits per heavy atom. The second kappa shape index (κ2) is 14.6. The number of thioether (sulfide) groups is 1. The monoisotopic (exact) mass is 646 g/mol. The number of benzene rings is 5. The quantitative estimate of drug-likeness (QED) is 0.122. The molecule has 232 valence electrons. The molecule has 6 aromatic rings. The fourth-order valence-corrected chi connectivity index (χ4v) is 6.83. The molecule has 0 saturated carbocycles. The summed E-state index contributed by atoms with van der Waals surface area (Å²) in [4.78, 5) is 12.5. The van der Waals surface area contributed by atoms with Gasteiger partial charge in [-0.3, -0.25) is 0 Å². The Morgan fingerprint density at radius 1 is 0.848 bits per heavy atom. The van der Waals surface area contributed by atoms with Crippen LogP contribution in [-0.2, 0) is 12.8 Å². The van der Waals surface area contributed by atoms with Crippen molar-refractivity contribution in [3.63, 3.8) is 0 Å². The summed E-state index contributed by atoms with van der Waals surface area (Å²) in [7, 11) is 0. The number of carboxylic acids is 1. The highest BCUT2D eigenvalue weighted by Crippen LogP contribution is 2.38. The first-order valence-electron chi connectivity index (χ1n) is 15.3. The molecular formula is C39H35ClN2O3S.